The zero-order chi connectivity index (χ0) is 21.7. The largest absolute Gasteiger partial charge is 0.325 e. The zero-order valence-corrected chi connectivity index (χ0v) is 18.5. The maximum absolute atomic E-state index is 13.0. The van der Waals surface area contributed by atoms with Crippen molar-refractivity contribution in [3.63, 3.8) is 0 Å². The van der Waals surface area contributed by atoms with Gasteiger partial charge in [-0.05, 0) is 68.3 Å². The summed E-state index contributed by atoms with van der Waals surface area (Å²) in [7, 11) is 0. The number of anilines is 2. The number of rotatable bonds is 6. The van der Waals surface area contributed by atoms with E-state index in [0.717, 1.165) is 22.5 Å². The van der Waals surface area contributed by atoms with Crippen molar-refractivity contribution in [1.82, 2.24) is 4.98 Å². The summed E-state index contributed by atoms with van der Waals surface area (Å²) in [6, 6.07) is 16.4. The minimum absolute atomic E-state index is 0.128. The summed E-state index contributed by atoms with van der Waals surface area (Å²) in [5, 5.41) is 6.91. The lowest BCUT2D eigenvalue weighted by Crippen LogP contribution is -2.18. The predicted octanol–water partition coefficient (Wildman–Crippen LogP) is 5.64. The summed E-state index contributed by atoms with van der Waals surface area (Å²) in [6.45, 7) is 5.68. The van der Waals surface area contributed by atoms with Crippen molar-refractivity contribution >= 4 is 46.6 Å². The molecular formula is C23H22ClN3O2S. The van der Waals surface area contributed by atoms with Crippen LogP contribution < -0.4 is 10.6 Å². The minimum atomic E-state index is -0.241. The lowest BCUT2D eigenvalue weighted by molar-refractivity contribution is -0.113. The summed E-state index contributed by atoms with van der Waals surface area (Å²) < 4.78 is 0. The molecule has 0 fully saturated rings. The molecule has 0 atom stereocenters. The second kappa shape index (κ2) is 9.78. The molecular weight excluding hydrogens is 418 g/mol. The quantitative estimate of drug-likeness (QED) is 0.487. The van der Waals surface area contributed by atoms with Gasteiger partial charge in [-0.15, -0.1) is 0 Å². The van der Waals surface area contributed by atoms with E-state index in [-0.39, 0.29) is 17.6 Å². The number of hydrogen-bond acceptors (Lipinski definition) is 4. The Bertz CT molecular complexity index is 1080. The number of para-hydroxylation sites is 1. The Kier molecular flexibility index (Phi) is 7.13. The van der Waals surface area contributed by atoms with Crippen molar-refractivity contribution in [3.8, 4) is 0 Å². The number of carbonyl (C=O) groups excluding carboxylic acids is 2. The zero-order valence-electron chi connectivity index (χ0n) is 17.0. The molecule has 3 rings (SSSR count). The van der Waals surface area contributed by atoms with Crippen LogP contribution in [0.5, 0.6) is 0 Å². The maximum Gasteiger partial charge on any atom is 0.258 e. The average Bonchev–Trinajstić information content (AvgIpc) is 2.69. The summed E-state index contributed by atoms with van der Waals surface area (Å²) >= 11 is 7.11. The normalized spacial score (nSPS) is 10.5. The van der Waals surface area contributed by atoms with Crippen molar-refractivity contribution in [3.05, 3.63) is 82.0 Å². The van der Waals surface area contributed by atoms with Gasteiger partial charge in [0.1, 0.15) is 5.03 Å². The van der Waals surface area contributed by atoms with E-state index in [0.29, 0.717) is 21.3 Å². The van der Waals surface area contributed by atoms with E-state index in [1.165, 1.54) is 11.8 Å². The van der Waals surface area contributed by atoms with Gasteiger partial charge in [0.05, 0.1) is 11.3 Å². The summed E-state index contributed by atoms with van der Waals surface area (Å²) in [5.41, 5.74) is 4.47. The molecule has 0 radical (unpaired) electrons. The smallest absolute Gasteiger partial charge is 0.258 e. The van der Waals surface area contributed by atoms with Gasteiger partial charge < -0.3 is 10.6 Å². The molecule has 154 valence electrons. The number of pyridine rings is 1. The van der Waals surface area contributed by atoms with Crippen LogP contribution in [0.4, 0.5) is 11.4 Å². The first-order chi connectivity index (χ1) is 14.3. The summed E-state index contributed by atoms with van der Waals surface area (Å²) in [5.74, 6) is -0.299. The maximum atomic E-state index is 13.0. The molecule has 2 aromatic carbocycles. The van der Waals surface area contributed by atoms with E-state index in [4.69, 9.17) is 11.6 Å². The van der Waals surface area contributed by atoms with Crippen molar-refractivity contribution in [2.24, 2.45) is 0 Å². The third-order valence-electron chi connectivity index (χ3n) is 4.40. The number of aryl methyl sites for hydroxylation is 3. The first-order valence-electron chi connectivity index (χ1n) is 9.37. The Balaban J connectivity index is 1.75. The number of halogens is 1. The van der Waals surface area contributed by atoms with E-state index < -0.39 is 0 Å². The molecule has 0 aliphatic rings. The molecule has 0 saturated heterocycles. The van der Waals surface area contributed by atoms with E-state index in [9.17, 15) is 9.59 Å². The molecule has 2 amide bonds. The van der Waals surface area contributed by atoms with Crippen molar-refractivity contribution in [2.45, 2.75) is 25.8 Å². The Morgan fingerprint density at radius 2 is 1.67 bits per heavy atom. The van der Waals surface area contributed by atoms with Crippen LogP contribution in [0, 0.1) is 20.8 Å². The second-order valence-corrected chi connectivity index (χ2v) is 8.27. The van der Waals surface area contributed by atoms with Gasteiger partial charge in [-0.1, -0.05) is 41.6 Å². The van der Waals surface area contributed by atoms with Crippen LogP contribution in [0.25, 0.3) is 0 Å². The van der Waals surface area contributed by atoms with Gasteiger partial charge in [0.25, 0.3) is 5.91 Å². The highest BCUT2D eigenvalue weighted by Crippen LogP contribution is 2.26. The highest BCUT2D eigenvalue weighted by Gasteiger charge is 2.19. The van der Waals surface area contributed by atoms with E-state index in [1.54, 1.807) is 24.3 Å². The molecule has 30 heavy (non-hydrogen) atoms. The monoisotopic (exact) mass is 439 g/mol. The van der Waals surface area contributed by atoms with Gasteiger partial charge >= 0.3 is 0 Å². The van der Waals surface area contributed by atoms with Gasteiger partial charge in [-0.2, -0.15) is 0 Å². The van der Waals surface area contributed by atoms with Crippen molar-refractivity contribution in [1.29, 1.82) is 0 Å². The lowest BCUT2D eigenvalue weighted by Gasteiger charge is -2.14. The fourth-order valence-corrected chi connectivity index (χ4v) is 4.02. The topological polar surface area (TPSA) is 71.1 Å². The molecule has 0 aliphatic heterocycles. The fraction of sp³-hybridized carbons (Fsp3) is 0.174. The Morgan fingerprint density at radius 1 is 0.967 bits per heavy atom. The van der Waals surface area contributed by atoms with E-state index >= 15 is 0 Å². The Hall–Kier alpha value is -2.83. The molecule has 0 unspecified atom stereocenters. The van der Waals surface area contributed by atoms with E-state index in [1.807, 2.05) is 51.1 Å². The first kappa shape index (κ1) is 21.9. The van der Waals surface area contributed by atoms with E-state index in [2.05, 4.69) is 15.6 Å². The number of hydrogen-bond donors (Lipinski definition) is 2. The Morgan fingerprint density at radius 3 is 2.37 bits per heavy atom. The average molecular weight is 440 g/mol. The lowest BCUT2D eigenvalue weighted by atomic mass is 10.1. The first-order valence-corrected chi connectivity index (χ1v) is 10.7. The van der Waals surface area contributed by atoms with Crippen LogP contribution in [-0.4, -0.2) is 22.6 Å². The van der Waals surface area contributed by atoms with Gasteiger partial charge in [0.2, 0.25) is 5.91 Å². The Labute approximate surface area is 185 Å². The predicted molar refractivity (Wildman–Crippen MR) is 124 cm³/mol. The standard InChI is InChI=1S/C23H22ClN3O2S/c1-14-6-4-5-7-19(14)27-22(29)21-15(2)12-16(3)25-23(21)30-13-20(28)26-18-10-8-17(24)9-11-18/h4-12H,13H2,1-3H3,(H,26,28)(H,27,29). The summed E-state index contributed by atoms with van der Waals surface area (Å²) in [6.07, 6.45) is 0. The van der Waals surface area contributed by atoms with Gasteiger partial charge in [-0.3, -0.25) is 9.59 Å². The molecule has 5 nitrogen and oxygen atoms in total. The minimum Gasteiger partial charge on any atom is -0.325 e. The van der Waals surface area contributed by atoms with Gasteiger partial charge in [0, 0.05) is 22.1 Å². The molecule has 7 heteroatoms. The molecule has 0 aliphatic carbocycles. The molecule has 1 heterocycles. The van der Waals surface area contributed by atoms with Crippen molar-refractivity contribution < 1.29 is 9.59 Å². The molecule has 3 aromatic rings. The number of nitrogens with one attached hydrogen (secondary N) is 2. The van der Waals surface area contributed by atoms with Crippen LogP contribution in [0.2, 0.25) is 5.02 Å². The number of thioether (sulfide) groups is 1. The second-order valence-electron chi connectivity index (χ2n) is 6.87. The summed E-state index contributed by atoms with van der Waals surface area (Å²) in [4.78, 5) is 29.9. The SMILES string of the molecule is Cc1cc(C)c(C(=O)Nc2ccccc2C)c(SCC(=O)Nc2ccc(Cl)cc2)n1. The van der Waals surface area contributed by atoms with Gasteiger partial charge in [0.15, 0.2) is 0 Å². The van der Waals surface area contributed by atoms with Crippen LogP contribution >= 0.6 is 23.4 Å². The fourth-order valence-electron chi connectivity index (χ4n) is 2.95. The van der Waals surface area contributed by atoms with Crippen molar-refractivity contribution in [2.75, 3.05) is 16.4 Å². The number of benzene rings is 2. The highest BCUT2D eigenvalue weighted by molar-refractivity contribution is 8.00. The molecule has 0 spiro atoms. The molecule has 1 aromatic heterocycles. The highest BCUT2D eigenvalue weighted by atomic mass is 35.5. The van der Waals surface area contributed by atoms with Crippen LogP contribution in [-0.2, 0) is 4.79 Å². The third-order valence-corrected chi connectivity index (χ3v) is 5.63. The van der Waals surface area contributed by atoms with Gasteiger partial charge in [-0.25, -0.2) is 4.98 Å². The number of amides is 2. The van der Waals surface area contributed by atoms with Crippen LogP contribution in [0.1, 0.15) is 27.2 Å². The molecule has 2 N–H and O–H groups in total. The van der Waals surface area contributed by atoms with Crippen LogP contribution in [0.15, 0.2) is 59.6 Å². The third kappa shape index (κ3) is 5.62. The number of carbonyl (C=O) groups is 2. The number of aromatic nitrogens is 1. The molecule has 0 saturated carbocycles. The number of nitrogens with zero attached hydrogens (tertiary/aromatic N) is 1. The van der Waals surface area contributed by atoms with Crippen LogP contribution in [0.3, 0.4) is 0 Å². The molecule has 0 bridgehead atoms.